The molecule has 3 nitrogen and oxygen atoms in total. The van der Waals surface area contributed by atoms with Crippen molar-refractivity contribution in [2.24, 2.45) is 23.2 Å². The summed E-state index contributed by atoms with van der Waals surface area (Å²) in [6.45, 7) is 2.30. The summed E-state index contributed by atoms with van der Waals surface area (Å²) >= 11 is 0. The number of fused-ring (bicyclic) bond motifs is 5. The van der Waals surface area contributed by atoms with Crippen LogP contribution in [-0.2, 0) is 17.2 Å². The van der Waals surface area contributed by atoms with Crippen LogP contribution in [0.4, 0.5) is 22.0 Å². The van der Waals surface area contributed by atoms with Crippen LogP contribution in [0.25, 0.3) is 0 Å². The first-order valence-electron chi connectivity index (χ1n) is 15.6. The molecule has 41 heavy (non-hydrogen) atoms. The molecule has 1 unspecified atom stereocenters. The molecule has 2 N–H and O–H groups in total. The Morgan fingerprint density at radius 3 is 2.29 bits per heavy atom. The minimum Gasteiger partial charge on any atom is -0.508 e. The molecule has 2 saturated carbocycles. The molecule has 0 aliphatic heterocycles. The Bertz CT molecular complexity index is 1030. The van der Waals surface area contributed by atoms with E-state index in [1.807, 2.05) is 12.1 Å². The summed E-state index contributed by atoms with van der Waals surface area (Å²) in [6.07, 6.45) is 5.97. The van der Waals surface area contributed by atoms with Crippen molar-refractivity contribution >= 4 is 10.8 Å². The van der Waals surface area contributed by atoms with E-state index in [0.717, 1.165) is 77.0 Å². The van der Waals surface area contributed by atoms with Gasteiger partial charge in [-0.1, -0.05) is 51.5 Å². The predicted molar refractivity (Wildman–Crippen MR) is 153 cm³/mol. The fourth-order valence-corrected chi connectivity index (χ4v) is 9.48. The fourth-order valence-electron chi connectivity index (χ4n) is 8.28. The summed E-state index contributed by atoms with van der Waals surface area (Å²) in [5, 5.41) is 21.0. The van der Waals surface area contributed by atoms with Crippen LogP contribution >= 0.6 is 0 Å². The summed E-state index contributed by atoms with van der Waals surface area (Å²) in [6, 6.07) is 5.92. The number of halogens is 5. The number of benzene rings is 1. The third-order valence-electron chi connectivity index (χ3n) is 10.6. The van der Waals surface area contributed by atoms with Crippen LogP contribution < -0.4 is 0 Å². The van der Waals surface area contributed by atoms with Crippen LogP contribution in [0.1, 0.15) is 114 Å². The second-order valence-electron chi connectivity index (χ2n) is 13.2. The van der Waals surface area contributed by atoms with Crippen molar-refractivity contribution in [3.63, 3.8) is 0 Å². The Balaban J connectivity index is 1.15. The summed E-state index contributed by atoms with van der Waals surface area (Å²) in [5.74, 6) is -1.91. The van der Waals surface area contributed by atoms with Crippen molar-refractivity contribution in [3.05, 3.63) is 29.3 Å². The van der Waals surface area contributed by atoms with Gasteiger partial charge in [0.1, 0.15) is 5.75 Å². The highest BCUT2D eigenvalue weighted by molar-refractivity contribution is 7.84. The van der Waals surface area contributed by atoms with Gasteiger partial charge in [-0.05, 0) is 104 Å². The van der Waals surface area contributed by atoms with Crippen molar-refractivity contribution in [3.8, 4) is 5.75 Å². The van der Waals surface area contributed by atoms with E-state index < -0.39 is 35.7 Å². The van der Waals surface area contributed by atoms with Gasteiger partial charge in [0.2, 0.25) is 0 Å². The Morgan fingerprint density at radius 1 is 0.927 bits per heavy atom. The van der Waals surface area contributed by atoms with E-state index in [4.69, 9.17) is 0 Å². The molecule has 0 radical (unpaired) electrons. The van der Waals surface area contributed by atoms with Crippen LogP contribution in [0.2, 0.25) is 0 Å². The first-order chi connectivity index (χ1) is 19.3. The Morgan fingerprint density at radius 2 is 1.59 bits per heavy atom. The van der Waals surface area contributed by atoms with E-state index in [0.29, 0.717) is 41.6 Å². The number of hydrogen-bond acceptors (Lipinski definition) is 3. The SMILES string of the molecule is C[C@]12CC[C@@H]3c4ccc(O)cc4C[C@@H](CCCCCCCCCS(=O)CCCC(F)(F)C(F)(F)F)[C@@H]3[C@H]1CC[C@@H]2O. The first kappa shape index (κ1) is 32.7. The van der Waals surface area contributed by atoms with Crippen LogP contribution in [0.5, 0.6) is 5.75 Å². The number of alkyl halides is 5. The van der Waals surface area contributed by atoms with Crippen molar-refractivity contribution in [1.29, 1.82) is 0 Å². The summed E-state index contributed by atoms with van der Waals surface area (Å²) in [5.41, 5.74) is 2.73. The average Bonchev–Trinajstić information content (AvgIpc) is 3.20. The van der Waals surface area contributed by atoms with E-state index in [-0.39, 0.29) is 17.3 Å². The highest BCUT2D eigenvalue weighted by Gasteiger charge is 2.57. The van der Waals surface area contributed by atoms with Crippen LogP contribution in [0.3, 0.4) is 0 Å². The molecule has 0 aromatic heterocycles. The molecule has 1 aromatic carbocycles. The van der Waals surface area contributed by atoms with Crippen molar-refractivity contribution in [2.75, 3.05) is 11.5 Å². The molecule has 0 amide bonds. The van der Waals surface area contributed by atoms with Gasteiger partial charge < -0.3 is 10.2 Å². The number of unbranched alkanes of at least 4 members (excludes halogenated alkanes) is 6. The second kappa shape index (κ2) is 13.6. The van der Waals surface area contributed by atoms with E-state index in [9.17, 15) is 36.4 Å². The molecule has 9 heteroatoms. The highest BCUT2D eigenvalue weighted by atomic mass is 32.2. The van der Waals surface area contributed by atoms with Crippen molar-refractivity contribution < 1.29 is 36.4 Å². The minimum atomic E-state index is -5.54. The van der Waals surface area contributed by atoms with Gasteiger partial charge in [-0.25, -0.2) is 0 Å². The first-order valence-corrected chi connectivity index (χ1v) is 17.1. The van der Waals surface area contributed by atoms with E-state index in [2.05, 4.69) is 13.0 Å². The van der Waals surface area contributed by atoms with E-state index in [1.54, 1.807) is 0 Å². The smallest absolute Gasteiger partial charge is 0.453 e. The standard InChI is InChI=1S/C32H47F5O3S/c1-30-17-15-26-25-12-11-24(38)21-23(25)20-22(29(26)27(30)13-14-28(30)39)10-7-5-3-2-4-6-8-18-41(40)19-9-16-31(33,34)32(35,36)37/h11-12,21-22,26-29,38-39H,2-10,13-20H2,1H3/t22-,26-,27-,28+,29+,30+,41?/m1/s1. The van der Waals surface area contributed by atoms with Gasteiger partial charge in [0.05, 0.1) is 6.10 Å². The lowest BCUT2D eigenvalue weighted by Gasteiger charge is -2.53. The predicted octanol–water partition coefficient (Wildman–Crippen LogP) is 8.68. The van der Waals surface area contributed by atoms with Crippen molar-refractivity contribution in [2.45, 2.75) is 127 Å². The minimum absolute atomic E-state index is 0.0195. The largest absolute Gasteiger partial charge is 0.508 e. The number of hydrogen-bond donors (Lipinski definition) is 2. The molecular formula is C32H47F5O3S. The van der Waals surface area contributed by atoms with Crippen molar-refractivity contribution in [1.82, 2.24) is 0 Å². The lowest BCUT2D eigenvalue weighted by molar-refractivity contribution is -0.284. The molecule has 4 rings (SSSR count). The molecule has 0 spiro atoms. The second-order valence-corrected chi connectivity index (χ2v) is 14.9. The molecule has 3 aliphatic carbocycles. The van der Waals surface area contributed by atoms with Gasteiger partial charge in [-0.2, -0.15) is 22.0 Å². The van der Waals surface area contributed by atoms with Gasteiger partial charge in [-0.3, -0.25) is 4.21 Å². The van der Waals surface area contributed by atoms with Gasteiger partial charge in [-0.15, -0.1) is 0 Å². The molecule has 1 aromatic rings. The van der Waals surface area contributed by atoms with Crippen LogP contribution in [0.15, 0.2) is 18.2 Å². The topological polar surface area (TPSA) is 57.5 Å². The maximum atomic E-state index is 13.0. The Labute approximate surface area is 244 Å². The lowest BCUT2D eigenvalue weighted by atomic mass is 9.52. The molecular weight excluding hydrogens is 559 g/mol. The molecule has 7 atom stereocenters. The highest BCUT2D eigenvalue weighted by Crippen LogP contribution is 2.62. The molecule has 2 fully saturated rings. The number of rotatable bonds is 14. The lowest BCUT2D eigenvalue weighted by Crippen LogP contribution is -2.47. The number of phenols is 1. The van der Waals surface area contributed by atoms with Gasteiger partial charge in [0, 0.05) is 28.7 Å². The Hall–Kier alpha value is -1.22. The quantitative estimate of drug-likeness (QED) is 0.165. The Kier molecular flexibility index (Phi) is 10.8. The summed E-state index contributed by atoms with van der Waals surface area (Å²) in [7, 11) is -1.35. The number of aromatic hydroxyl groups is 1. The molecule has 3 aliphatic rings. The third kappa shape index (κ3) is 7.66. The normalized spacial score (nSPS) is 30.5. The zero-order chi connectivity index (χ0) is 29.8. The average molecular weight is 607 g/mol. The zero-order valence-corrected chi connectivity index (χ0v) is 25.1. The maximum Gasteiger partial charge on any atom is 0.453 e. The fraction of sp³-hybridized carbons (Fsp3) is 0.812. The van der Waals surface area contributed by atoms with Gasteiger partial charge in [0.25, 0.3) is 0 Å². The zero-order valence-electron chi connectivity index (χ0n) is 24.2. The van der Waals surface area contributed by atoms with E-state index >= 15 is 0 Å². The number of aliphatic hydroxyl groups is 1. The van der Waals surface area contributed by atoms with Gasteiger partial charge in [0.15, 0.2) is 0 Å². The number of aliphatic hydroxyl groups excluding tert-OH is 1. The number of phenolic OH excluding ortho intramolecular Hbond substituents is 1. The summed E-state index contributed by atoms with van der Waals surface area (Å²) in [4.78, 5) is 0. The summed E-state index contributed by atoms with van der Waals surface area (Å²) < 4.78 is 74.5. The van der Waals surface area contributed by atoms with Gasteiger partial charge >= 0.3 is 12.1 Å². The maximum absolute atomic E-state index is 13.0. The molecule has 0 bridgehead atoms. The van der Waals surface area contributed by atoms with Crippen LogP contribution in [0, 0.1) is 23.2 Å². The third-order valence-corrected chi connectivity index (χ3v) is 12.0. The molecule has 0 heterocycles. The van der Waals surface area contributed by atoms with E-state index in [1.165, 1.54) is 11.1 Å². The van der Waals surface area contributed by atoms with Crippen LogP contribution in [-0.4, -0.2) is 44.1 Å². The monoisotopic (exact) mass is 606 g/mol. The molecule has 0 saturated heterocycles. The molecule has 234 valence electrons.